The fourth-order valence-corrected chi connectivity index (χ4v) is 1.96. The zero-order valence-electron chi connectivity index (χ0n) is 9.54. The van der Waals surface area contributed by atoms with Crippen LogP contribution in [0.4, 0.5) is 18.9 Å². The van der Waals surface area contributed by atoms with Gasteiger partial charge >= 0.3 is 5.51 Å². The third-order valence-electron chi connectivity index (χ3n) is 2.10. The van der Waals surface area contributed by atoms with Gasteiger partial charge in [-0.1, -0.05) is 11.6 Å². The summed E-state index contributed by atoms with van der Waals surface area (Å²) in [4.78, 5) is 10.2. The molecule has 0 spiro atoms. The molecule has 19 heavy (non-hydrogen) atoms. The van der Waals surface area contributed by atoms with Gasteiger partial charge in [0.25, 0.3) is 5.69 Å². The topological polar surface area (TPSA) is 55.2 Å². The molecular formula is C10H10ClF3N2O2S. The first-order valence-electron chi connectivity index (χ1n) is 5.14. The molecule has 0 atom stereocenters. The SMILES string of the molecule is O=[N+]([O-])c1cc(Cl)ccc1CNCCSC(F)(F)F. The summed E-state index contributed by atoms with van der Waals surface area (Å²) in [5, 5.41) is 13.7. The van der Waals surface area contributed by atoms with E-state index in [0.29, 0.717) is 5.56 Å². The maximum Gasteiger partial charge on any atom is 0.441 e. The molecule has 0 bridgehead atoms. The van der Waals surface area contributed by atoms with Gasteiger partial charge in [0.2, 0.25) is 0 Å². The Balaban J connectivity index is 2.47. The molecule has 0 radical (unpaired) electrons. The van der Waals surface area contributed by atoms with E-state index in [1.807, 2.05) is 0 Å². The van der Waals surface area contributed by atoms with E-state index < -0.39 is 10.4 Å². The van der Waals surface area contributed by atoms with Gasteiger partial charge in [-0.2, -0.15) is 13.2 Å². The van der Waals surface area contributed by atoms with Crippen molar-refractivity contribution in [3.05, 3.63) is 38.9 Å². The van der Waals surface area contributed by atoms with Crippen molar-refractivity contribution in [3.63, 3.8) is 0 Å². The Labute approximate surface area is 116 Å². The van der Waals surface area contributed by atoms with Gasteiger partial charge in [-0.15, -0.1) is 0 Å². The molecular weight excluding hydrogens is 305 g/mol. The molecule has 0 aliphatic carbocycles. The highest BCUT2D eigenvalue weighted by atomic mass is 35.5. The Bertz CT molecular complexity index is 457. The van der Waals surface area contributed by atoms with E-state index in [4.69, 9.17) is 11.6 Å². The highest BCUT2D eigenvalue weighted by molar-refractivity contribution is 8.00. The monoisotopic (exact) mass is 314 g/mol. The summed E-state index contributed by atoms with van der Waals surface area (Å²) < 4.78 is 35.6. The minimum Gasteiger partial charge on any atom is -0.312 e. The van der Waals surface area contributed by atoms with E-state index in [9.17, 15) is 23.3 Å². The summed E-state index contributed by atoms with van der Waals surface area (Å²) in [5.41, 5.74) is -4.02. The average Bonchev–Trinajstić information content (AvgIpc) is 2.28. The molecule has 106 valence electrons. The van der Waals surface area contributed by atoms with Crippen LogP contribution in [-0.4, -0.2) is 22.7 Å². The van der Waals surface area contributed by atoms with Crippen molar-refractivity contribution in [2.75, 3.05) is 12.3 Å². The third kappa shape index (κ3) is 6.13. The van der Waals surface area contributed by atoms with Crippen molar-refractivity contribution < 1.29 is 18.1 Å². The van der Waals surface area contributed by atoms with Crippen molar-refractivity contribution in [2.45, 2.75) is 12.1 Å². The van der Waals surface area contributed by atoms with Gasteiger partial charge in [-0.05, 0) is 23.9 Å². The Kier molecular flexibility index (Phi) is 5.89. The van der Waals surface area contributed by atoms with Crippen LogP contribution in [0.1, 0.15) is 5.56 Å². The molecule has 1 aromatic carbocycles. The van der Waals surface area contributed by atoms with Crippen LogP contribution in [0.25, 0.3) is 0 Å². The predicted molar refractivity (Wildman–Crippen MR) is 68.3 cm³/mol. The third-order valence-corrected chi connectivity index (χ3v) is 3.07. The van der Waals surface area contributed by atoms with Gasteiger partial charge in [0.05, 0.1) is 4.92 Å². The maximum absolute atomic E-state index is 11.9. The van der Waals surface area contributed by atoms with E-state index in [2.05, 4.69) is 5.32 Å². The molecule has 0 saturated heterocycles. The van der Waals surface area contributed by atoms with Crippen LogP contribution in [-0.2, 0) is 6.54 Å². The Morgan fingerprint density at radius 3 is 2.68 bits per heavy atom. The molecule has 4 nitrogen and oxygen atoms in total. The molecule has 9 heteroatoms. The number of hydrogen-bond acceptors (Lipinski definition) is 4. The number of nitro benzene ring substituents is 1. The van der Waals surface area contributed by atoms with Gasteiger partial charge < -0.3 is 5.32 Å². The zero-order chi connectivity index (χ0) is 14.5. The first kappa shape index (κ1) is 16.1. The number of hydrogen-bond donors (Lipinski definition) is 1. The van der Waals surface area contributed by atoms with Crippen molar-refractivity contribution in [1.82, 2.24) is 5.32 Å². The number of benzene rings is 1. The summed E-state index contributed by atoms with van der Waals surface area (Å²) >= 11 is 5.51. The van der Waals surface area contributed by atoms with Crippen LogP contribution in [0.5, 0.6) is 0 Å². The molecule has 1 rings (SSSR count). The summed E-state index contributed by atoms with van der Waals surface area (Å²) in [6.45, 7) is 0.218. The standard InChI is InChI=1S/C10H10ClF3N2O2S/c11-8-2-1-7(9(5-8)16(17)18)6-15-3-4-19-10(12,13)14/h1-2,5,15H,3-4,6H2. The van der Waals surface area contributed by atoms with Crippen LogP contribution >= 0.6 is 23.4 Å². The summed E-state index contributed by atoms with van der Waals surface area (Å²) in [7, 11) is 0. The number of nitrogens with zero attached hydrogens (tertiary/aromatic N) is 1. The van der Waals surface area contributed by atoms with Gasteiger partial charge in [-0.25, -0.2) is 0 Å². The predicted octanol–water partition coefficient (Wildman–Crippen LogP) is 3.59. The van der Waals surface area contributed by atoms with Gasteiger partial charge in [0, 0.05) is 35.5 Å². The number of rotatable bonds is 6. The van der Waals surface area contributed by atoms with E-state index in [1.54, 1.807) is 0 Å². The van der Waals surface area contributed by atoms with Crippen LogP contribution in [0.3, 0.4) is 0 Å². The second kappa shape index (κ2) is 6.97. The van der Waals surface area contributed by atoms with Crippen LogP contribution in [0, 0.1) is 10.1 Å². The first-order valence-corrected chi connectivity index (χ1v) is 6.50. The van der Waals surface area contributed by atoms with E-state index in [-0.39, 0.29) is 41.3 Å². The Morgan fingerprint density at radius 1 is 1.42 bits per heavy atom. The smallest absolute Gasteiger partial charge is 0.312 e. The second-order valence-corrected chi connectivity index (χ2v) is 5.10. The summed E-state index contributed by atoms with van der Waals surface area (Å²) in [5.74, 6) is -0.148. The summed E-state index contributed by atoms with van der Waals surface area (Å²) in [6.07, 6.45) is 0. The van der Waals surface area contributed by atoms with E-state index >= 15 is 0 Å². The first-order chi connectivity index (χ1) is 8.79. The number of thioether (sulfide) groups is 1. The number of nitro groups is 1. The Hall–Kier alpha value is -0.990. The largest absolute Gasteiger partial charge is 0.441 e. The van der Waals surface area contributed by atoms with Crippen LogP contribution in [0.15, 0.2) is 18.2 Å². The maximum atomic E-state index is 11.9. The number of nitrogens with one attached hydrogen (secondary N) is 1. The molecule has 0 unspecified atom stereocenters. The lowest BCUT2D eigenvalue weighted by Crippen LogP contribution is -2.19. The van der Waals surface area contributed by atoms with Crippen molar-refractivity contribution >= 4 is 29.1 Å². The second-order valence-electron chi connectivity index (χ2n) is 3.50. The van der Waals surface area contributed by atoms with Gasteiger partial charge in [0.15, 0.2) is 0 Å². The molecule has 0 heterocycles. The van der Waals surface area contributed by atoms with Crippen LogP contribution in [0.2, 0.25) is 5.02 Å². The normalized spacial score (nSPS) is 11.6. The molecule has 0 amide bonds. The molecule has 0 aromatic heterocycles. The van der Waals surface area contributed by atoms with Crippen molar-refractivity contribution in [3.8, 4) is 0 Å². The molecule has 0 aliphatic heterocycles. The fraction of sp³-hybridized carbons (Fsp3) is 0.400. The highest BCUT2D eigenvalue weighted by Gasteiger charge is 2.27. The minimum absolute atomic E-state index is 0.101. The van der Waals surface area contributed by atoms with E-state index in [0.717, 1.165) is 0 Å². The van der Waals surface area contributed by atoms with Crippen molar-refractivity contribution in [2.24, 2.45) is 0 Å². The molecule has 0 fully saturated rings. The highest BCUT2D eigenvalue weighted by Crippen LogP contribution is 2.29. The Morgan fingerprint density at radius 2 is 2.11 bits per heavy atom. The average molecular weight is 315 g/mol. The molecule has 1 N–H and O–H groups in total. The quantitative estimate of drug-likeness (QED) is 0.495. The lowest BCUT2D eigenvalue weighted by atomic mass is 10.2. The number of halogens is 4. The molecule has 1 aromatic rings. The minimum atomic E-state index is -4.26. The lowest BCUT2D eigenvalue weighted by Gasteiger charge is -2.07. The molecule has 0 saturated carbocycles. The van der Waals surface area contributed by atoms with Crippen molar-refractivity contribution in [1.29, 1.82) is 0 Å². The number of alkyl halides is 3. The summed E-state index contributed by atoms with van der Waals surface area (Å²) in [6, 6.07) is 4.18. The van der Waals surface area contributed by atoms with Gasteiger partial charge in [-0.3, -0.25) is 10.1 Å². The molecule has 0 aliphatic rings. The van der Waals surface area contributed by atoms with Gasteiger partial charge in [0.1, 0.15) is 0 Å². The van der Waals surface area contributed by atoms with E-state index in [1.165, 1.54) is 18.2 Å². The van der Waals surface area contributed by atoms with Crippen LogP contribution < -0.4 is 5.32 Å². The zero-order valence-corrected chi connectivity index (χ0v) is 11.1. The lowest BCUT2D eigenvalue weighted by molar-refractivity contribution is -0.385. The fourth-order valence-electron chi connectivity index (χ4n) is 1.32.